The van der Waals surface area contributed by atoms with Gasteiger partial charge in [-0.1, -0.05) is 11.6 Å². The lowest BCUT2D eigenvalue weighted by molar-refractivity contribution is 0.414. The van der Waals surface area contributed by atoms with Crippen LogP contribution < -0.4 is 4.74 Å². The van der Waals surface area contributed by atoms with E-state index in [1.165, 1.54) is 5.57 Å². The maximum absolute atomic E-state index is 5.35. The van der Waals surface area contributed by atoms with Gasteiger partial charge in [0.1, 0.15) is 11.3 Å². The molecule has 1 aromatic carbocycles. The van der Waals surface area contributed by atoms with E-state index in [1.807, 2.05) is 18.2 Å². The highest BCUT2D eigenvalue weighted by Gasteiger charge is 2.07. The first-order valence-corrected chi connectivity index (χ1v) is 4.91. The Morgan fingerprint density at radius 1 is 1.27 bits per heavy atom. The molecule has 2 aromatic rings. The molecule has 0 unspecified atom stereocenters. The second kappa shape index (κ2) is 3.81. The number of allylic oxidation sites excluding steroid dienone is 1. The summed E-state index contributed by atoms with van der Waals surface area (Å²) in [5.41, 5.74) is 3.22. The van der Waals surface area contributed by atoms with E-state index in [1.54, 1.807) is 13.4 Å². The molecule has 2 heteroatoms. The van der Waals surface area contributed by atoms with Gasteiger partial charge in [-0.2, -0.15) is 0 Å². The third-order valence-corrected chi connectivity index (χ3v) is 2.29. The molecule has 0 bridgehead atoms. The number of hydrogen-bond donors (Lipinski definition) is 0. The molecular formula is C13H14O2. The van der Waals surface area contributed by atoms with Gasteiger partial charge >= 0.3 is 0 Å². The van der Waals surface area contributed by atoms with Crippen molar-refractivity contribution in [2.45, 2.75) is 13.8 Å². The van der Waals surface area contributed by atoms with E-state index in [4.69, 9.17) is 9.15 Å². The molecule has 78 valence electrons. The minimum Gasteiger partial charge on any atom is -0.496 e. The van der Waals surface area contributed by atoms with Crippen LogP contribution in [0.25, 0.3) is 17.0 Å². The Bertz CT molecular complexity index is 502. The van der Waals surface area contributed by atoms with E-state index in [-0.39, 0.29) is 0 Å². The lowest BCUT2D eigenvalue weighted by Gasteiger charge is -2.06. The molecule has 0 N–H and O–H groups in total. The minimum absolute atomic E-state index is 0.880. The Hall–Kier alpha value is -1.70. The fourth-order valence-electron chi connectivity index (χ4n) is 1.66. The Morgan fingerprint density at radius 2 is 2.07 bits per heavy atom. The smallest absolute Gasteiger partial charge is 0.134 e. The average Bonchev–Trinajstić information content (AvgIpc) is 2.65. The summed E-state index contributed by atoms with van der Waals surface area (Å²) in [4.78, 5) is 0. The van der Waals surface area contributed by atoms with Gasteiger partial charge in [-0.15, -0.1) is 0 Å². The topological polar surface area (TPSA) is 22.4 Å². The molecule has 0 spiro atoms. The van der Waals surface area contributed by atoms with Crippen molar-refractivity contribution in [1.29, 1.82) is 0 Å². The molecule has 0 amide bonds. The van der Waals surface area contributed by atoms with Crippen molar-refractivity contribution in [2.24, 2.45) is 0 Å². The molecule has 0 atom stereocenters. The van der Waals surface area contributed by atoms with E-state index in [0.717, 1.165) is 22.3 Å². The monoisotopic (exact) mass is 202 g/mol. The van der Waals surface area contributed by atoms with E-state index in [0.29, 0.717) is 0 Å². The van der Waals surface area contributed by atoms with Gasteiger partial charge in [0.2, 0.25) is 0 Å². The molecule has 1 heterocycles. The quantitative estimate of drug-likeness (QED) is 0.737. The molecule has 0 aliphatic carbocycles. The number of methoxy groups -OCH3 is 1. The molecule has 0 saturated carbocycles. The second-order valence-corrected chi connectivity index (χ2v) is 3.74. The lowest BCUT2D eigenvalue weighted by Crippen LogP contribution is -1.87. The number of hydrogen-bond acceptors (Lipinski definition) is 2. The predicted octanol–water partition coefficient (Wildman–Crippen LogP) is 3.86. The normalized spacial score (nSPS) is 10.3. The fourth-order valence-corrected chi connectivity index (χ4v) is 1.66. The average molecular weight is 202 g/mol. The van der Waals surface area contributed by atoms with Gasteiger partial charge in [-0.05, 0) is 32.0 Å². The molecule has 0 aliphatic heterocycles. The highest BCUT2D eigenvalue weighted by atomic mass is 16.5. The van der Waals surface area contributed by atoms with Crippen molar-refractivity contribution in [1.82, 2.24) is 0 Å². The molecule has 1 aromatic heterocycles. The van der Waals surface area contributed by atoms with Crippen molar-refractivity contribution in [3.63, 3.8) is 0 Å². The molecule has 15 heavy (non-hydrogen) atoms. The van der Waals surface area contributed by atoms with Crippen LogP contribution in [0, 0.1) is 0 Å². The number of ether oxygens (including phenoxy) is 1. The summed E-state index contributed by atoms with van der Waals surface area (Å²) < 4.78 is 10.7. The Labute approximate surface area is 89.2 Å². The SMILES string of the molecule is COc1ccc2occc2c1C=C(C)C. The highest BCUT2D eigenvalue weighted by molar-refractivity contribution is 5.90. The zero-order valence-electron chi connectivity index (χ0n) is 9.20. The van der Waals surface area contributed by atoms with Gasteiger partial charge in [0, 0.05) is 10.9 Å². The first kappa shape index (κ1) is 9.84. The van der Waals surface area contributed by atoms with E-state index >= 15 is 0 Å². The van der Waals surface area contributed by atoms with E-state index in [2.05, 4.69) is 19.9 Å². The summed E-state index contributed by atoms with van der Waals surface area (Å²) in [6, 6.07) is 5.82. The van der Waals surface area contributed by atoms with Crippen LogP contribution in [0.3, 0.4) is 0 Å². The Balaban J connectivity index is 2.74. The third-order valence-electron chi connectivity index (χ3n) is 2.29. The summed E-state index contributed by atoms with van der Waals surface area (Å²) in [7, 11) is 1.68. The van der Waals surface area contributed by atoms with Crippen LogP contribution in [-0.4, -0.2) is 7.11 Å². The standard InChI is InChI=1S/C13H14O2/c1-9(2)8-11-10-6-7-15-13(10)5-4-12(11)14-3/h4-8H,1-3H3. The van der Waals surface area contributed by atoms with Crippen molar-refractivity contribution < 1.29 is 9.15 Å². The zero-order valence-corrected chi connectivity index (χ0v) is 9.20. The van der Waals surface area contributed by atoms with Crippen molar-refractivity contribution in [3.05, 3.63) is 35.6 Å². The van der Waals surface area contributed by atoms with Crippen LogP contribution in [0.5, 0.6) is 5.75 Å². The van der Waals surface area contributed by atoms with Crippen molar-refractivity contribution in [2.75, 3.05) is 7.11 Å². The molecule has 2 nitrogen and oxygen atoms in total. The van der Waals surface area contributed by atoms with Gasteiger partial charge in [-0.25, -0.2) is 0 Å². The van der Waals surface area contributed by atoms with Crippen LogP contribution in [0.2, 0.25) is 0 Å². The summed E-state index contributed by atoms with van der Waals surface area (Å²) in [6.07, 6.45) is 3.81. The molecule has 0 saturated heterocycles. The summed E-state index contributed by atoms with van der Waals surface area (Å²) in [5.74, 6) is 0.880. The maximum Gasteiger partial charge on any atom is 0.134 e. The molecular weight excluding hydrogens is 188 g/mol. The number of rotatable bonds is 2. The van der Waals surface area contributed by atoms with Crippen LogP contribution in [-0.2, 0) is 0 Å². The van der Waals surface area contributed by atoms with Crippen molar-refractivity contribution >= 4 is 17.0 Å². The van der Waals surface area contributed by atoms with E-state index < -0.39 is 0 Å². The largest absolute Gasteiger partial charge is 0.496 e. The molecule has 2 rings (SSSR count). The van der Waals surface area contributed by atoms with Crippen molar-refractivity contribution in [3.8, 4) is 5.75 Å². The van der Waals surface area contributed by atoms with Crippen LogP contribution in [0.1, 0.15) is 19.4 Å². The number of benzene rings is 1. The maximum atomic E-state index is 5.35. The highest BCUT2D eigenvalue weighted by Crippen LogP contribution is 2.30. The summed E-state index contributed by atoms with van der Waals surface area (Å²) in [5, 5.41) is 1.09. The zero-order chi connectivity index (χ0) is 10.8. The first-order chi connectivity index (χ1) is 7.22. The Morgan fingerprint density at radius 3 is 2.73 bits per heavy atom. The van der Waals surface area contributed by atoms with Gasteiger partial charge in [-0.3, -0.25) is 0 Å². The predicted molar refractivity (Wildman–Crippen MR) is 62.1 cm³/mol. The molecule has 0 radical (unpaired) electrons. The Kier molecular flexibility index (Phi) is 2.50. The number of fused-ring (bicyclic) bond motifs is 1. The minimum atomic E-state index is 0.880. The number of furan rings is 1. The van der Waals surface area contributed by atoms with Crippen LogP contribution in [0.15, 0.2) is 34.5 Å². The van der Waals surface area contributed by atoms with Gasteiger partial charge in [0.05, 0.1) is 13.4 Å². The van der Waals surface area contributed by atoms with E-state index in [9.17, 15) is 0 Å². The van der Waals surface area contributed by atoms with Gasteiger partial charge < -0.3 is 9.15 Å². The molecule has 0 fully saturated rings. The van der Waals surface area contributed by atoms with Crippen LogP contribution in [0.4, 0.5) is 0 Å². The van der Waals surface area contributed by atoms with Gasteiger partial charge in [0.15, 0.2) is 0 Å². The second-order valence-electron chi connectivity index (χ2n) is 3.74. The first-order valence-electron chi connectivity index (χ1n) is 4.91. The van der Waals surface area contributed by atoms with Gasteiger partial charge in [0.25, 0.3) is 0 Å². The lowest BCUT2D eigenvalue weighted by atomic mass is 10.1. The van der Waals surface area contributed by atoms with Crippen LogP contribution >= 0.6 is 0 Å². The summed E-state index contributed by atoms with van der Waals surface area (Å²) >= 11 is 0. The fraction of sp³-hybridized carbons (Fsp3) is 0.231. The summed E-state index contributed by atoms with van der Waals surface area (Å²) in [6.45, 7) is 4.14. The molecule has 0 aliphatic rings. The third kappa shape index (κ3) is 1.75.